The van der Waals surface area contributed by atoms with Gasteiger partial charge in [-0.1, -0.05) is 44.2 Å². The summed E-state index contributed by atoms with van der Waals surface area (Å²) < 4.78 is 5.86. The van der Waals surface area contributed by atoms with Gasteiger partial charge in [-0.15, -0.1) is 0 Å². The molecule has 1 aliphatic carbocycles. The molecule has 1 aromatic rings. The molecule has 0 aliphatic heterocycles. The fraction of sp³-hybridized carbons (Fsp3) is 0.625. The number of nitrogens with two attached hydrogens (primary N) is 1. The molecule has 3 atom stereocenters. The van der Waals surface area contributed by atoms with Gasteiger partial charge < -0.3 is 4.74 Å². The SMILES string of the molecule is CCC1CCCCC1C(COc1ccc(Cl)cc1)NN. The molecule has 3 unspecified atom stereocenters. The molecular formula is C16H25ClN2O. The summed E-state index contributed by atoms with van der Waals surface area (Å²) in [5.41, 5.74) is 2.97. The van der Waals surface area contributed by atoms with E-state index in [0.29, 0.717) is 12.5 Å². The maximum Gasteiger partial charge on any atom is 0.119 e. The molecule has 0 spiro atoms. The van der Waals surface area contributed by atoms with E-state index in [1.807, 2.05) is 24.3 Å². The molecule has 4 heteroatoms. The molecule has 0 radical (unpaired) electrons. The van der Waals surface area contributed by atoms with Gasteiger partial charge in [0, 0.05) is 5.02 Å². The van der Waals surface area contributed by atoms with Gasteiger partial charge in [0.1, 0.15) is 12.4 Å². The zero-order valence-electron chi connectivity index (χ0n) is 12.1. The Hall–Kier alpha value is -0.770. The molecule has 20 heavy (non-hydrogen) atoms. The maximum absolute atomic E-state index is 5.87. The van der Waals surface area contributed by atoms with E-state index in [9.17, 15) is 0 Å². The smallest absolute Gasteiger partial charge is 0.119 e. The van der Waals surface area contributed by atoms with E-state index in [-0.39, 0.29) is 6.04 Å². The van der Waals surface area contributed by atoms with Crippen LogP contribution in [0.3, 0.4) is 0 Å². The largest absolute Gasteiger partial charge is 0.492 e. The average Bonchev–Trinajstić information content (AvgIpc) is 2.50. The molecule has 0 amide bonds. The highest BCUT2D eigenvalue weighted by Gasteiger charge is 2.30. The summed E-state index contributed by atoms with van der Waals surface area (Å²) in [5, 5.41) is 0.726. The topological polar surface area (TPSA) is 47.3 Å². The van der Waals surface area contributed by atoms with Crippen LogP contribution in [-0.4, -0.2) is 12.6 Å². The first kappa shape index (κ1) is 15.6. The van der Waals surface area contributed by atoms with Crippen molar-refractivity contribution < 1.29 is 4.74 Å². The highest BCUT2D eigenvalue weighted by atomic mass is 35.5. The predicted octanol–water partition coefficient (Wildman–Crippen LogP) is 3.77. The number of halogens is 1. The van der Waals surface area contributed by atoms with E-state index in [1.54, 1.807) is 0 Å². The Balaban J connectivity index is 1.92. The molecule has 1 aliphatic rings. The van der Waals surface area contributed by atoms with Crippen molar-refractivity contribution in [1.29, 1.82) is 0 Å². The molecule has 1 aromatic carbocycles. The van der Waals surface area contributed by atoms with Crippen LogP contribution >= 0.6 is 11.6 Å². The fourth-order valence-corrected chi connectivity index (χ4v) is 3.41. The van der Waals surface area contributed by atoms with Gasteiger partial charge >= 0.3 is 0 Å². The summed E-state index contributed by atoms with van der Waals surface area (Å²) in [5.74, 6) is 7.98. The second-order valence-corrected chi connectivity index (χ2v) is 6.09. The lowest BCUT2D eigenvalue weighted by atomic mass is 9.74. The van der Waals surface area contributed by atoms with E-state index in [0.717, 1.165) is 16.7 Å². The standard InChI is InChI=1S/C16H25ClN2O/c1-2-12-5-3-4-6-15(12)16(19-18)11-20-14-9-7-13(17)8-10-14/h7-10,12,15-16,19H,2-6,11,18H2,1H3. The number of rotatable bonds is 6. The lowest BCUT2D eigenvalue weighted by molar-refractivity contribution is 0.133. The van der Waals surface area contributed by atoms with Gasteiger partial charge in [-0.25, -0.2) is 0 Å². The summed E-state index contributed by atoms with van der Waals surface area (Å²) in [6.45, 7) is 2.88. The first-order chi connectivity index (χ1) is 9.74. The van der Waals surface area contributed by atoms with Crippen molar-refractivity contribution in [1.82, 2.24) is 5.43 Å². The van der Waals surface area contributed by atoms with E-state index in [4.69, 9.17) is 22.2 Å². The van der Waals surface area contributed by atoms with E-state index in [2.05, 4.69) is 12.3 Å². The Bertz CT molecular complexity index is 396. The van der Waals surface area contributed by atoms with Crippen LogP contribution in [0.1, 0.15) is 39.0 Å². The van der Waals surface area contributed by atoms with Crippen LogP contribution < -0.4 is 16.0 Å². The van der Waals surface area contributed by atoms with Crippen LogP contribution in [0.4, 0.5) is 0 Å². The Labute approximate surface area is 126 Å². The average molecular weight is 297 g/mol. The highest BCUT2D eigenvalue weighted by molar-refractivity contribution is 6.30. The zero-order chi connectivity index (χ0) is 14.4. The number of hydrogen-bond donors (Lipinski definition) is 2. The molecule has 0 saturated heterocycles. The quantitative estimate of drug-likeness (QED) is 0.620. The third kappa shape index (κ3) is 4.11. The van der Waals surface area contributed by atoms with Crippen LogP contribution in [0.2, 0.25) is 5.02 Å². The molecule has 1 fully saturated rings. The summed E-state index contributed by atoms with van der Waals surface area (Å²) in [6.07, 6.45) is 6.45. The van der Waals surface area contributed by atoms with Crippen molar-refractivity contribution in [2.24, 2.45) is 17.7 Å². The van der Waals surface area contributed by atoms with Crippen LogP contribution in [-0.2, 0) is 0 Å². The van der Waals surface area contributed by atoms with Crippen molar-refractivity contribution in [3.63, 3.8) is 0 Å². The first-order valence-corrected chi connectivity index (χ1v) is 7.97. The zero-order valence-corrected chi connectivity index (χ0v) is 12.9. The van der Waals surface area contributed by atoms with E-state index < -0.39 is 0 Å². The molecule has 1 saturated carbocycles. The molecule has 3 N–H and O–H groups in total. The molecular weight excluding hydrogens is 272 g/mol. The lowest BCUT2D eigenvalue weighted by Crippen LogP contribution is -2.48. The Morgan fingerprint density at radius 2 is 2.00 bits per heavy atom. The second kappa shape index (κ2) is 7.87. The minimum Gasteiger partial charge on any atom is -0.492 e. The monoisotopic (exact) mass is 296 g/mol. The summed E-state index contributed by atoms with van der Waals surface area (Å²) in [4.78, 5) is 0. The molecule has 2 rings (SSSR count). The highest BCUT2D eigenvalue weighted by Crippen LogP contribution is 2.34. The summed E-state index contributed by atoms with van der Waals surface area (Å²) in [7, 11) is 0. The third-order valence-corrected chi connectivity index (χ3v) is 4.72. The Morgan fingerprint density at radius 3 is 2.65 bits per heavy atom. The lowest BCUT2D eigenvalue weighted by Gasteiger charge is -2.36. The number of nitrogens with one attached hydrogen (secondary N) is 1. The van der Waals surface area contributed by atoms with E-state index in [1.165, 1.54) is 32.1 Å². The summed E-state index contributed by atoms with van der Waals surface area (Å²) in [6, 6.07) is 7.70. The number of ether oxygens (including phenoxy) is 1. The molecule has 112 valence electrons. The van der Waals surface area contributed by atoms with Gasteiger partial charge in [0.25, 0.3) is 0 Å². The van der Waals surface area contributed by atoms with E-state index >= 15 is 0 Å². The van der Waals surface area contributed by atoms with Crippen molar-refractivity contribution in [3.05, 3.63) is 29.3 Å². The minimum absolute atomic E-state index is 0.218. The second-order valence-electron chi connectivity index (χ2n) is 5.65. The molecule has 0 bridgehead atoms. The summed E-state index contributed by atoms with van der Waals surface area (Å²) >= 11 is 5.87. The van der Waals surface area contributed by atoms with Gasteiger partial charge in [-0.05, 0) is 42.5 Å². The first-order valence-electron chi connectivity index (χ1n) is 7.59. The van der Waals surface area contributed by atoms with Gasteiger partial charge in [0.15, 0.2) is 0 Å². The van der Waals surface area contributed by atoms with Crippen LogP contribution in [0, 0.1) is 11.8 Å². The Kier molecular flexibility index (Phi) is 6.14. The van der Waals surface area contributed by atoms with Gasteiger partial charge in [0.05, 0.1) is 6.04 Å². The molecule has 0 aromatic heterocycles. The van der Waals surface area contributed by atoms with Crippen LogP contribution in [0.5, 0.6) is 5.75 Å². The normalized spacial score (nSPS) is 24.4. The van der Waals surface area contributed by atoms with Crippen LogP contribution in [0.25, 0.3) is 0 Å². The van der Waals surface area contributed by atoms with Crippen molar-refractivity contribution in [2.75, 3.05) is 6.61 Å². The van der Waals surface area contributed by atoms with Crippen molar-refractivity contribution in [2.45, 2.75) is 45.1 Å². The van der Waals surface area contributed by atoms with Crippen molar-refractivity contribution in [3.8, 4) is 5.75 Å². The van der Waals surface area contributed by atoms with Gasteiger partial charge in [0.2, 0.25) is 0 Å². The number of hydrogen-bond acceptors (Lipinski definition) is 3. The number of benzene rings is 1. The predicted molar refractivity (Wildman–Crippen MR) is 83.8 cm³/mol. The maximum atomic E-state index is 5.87. The number of hydrazine groups is 1. The molecule has 3 nitrogen and oxygen atoms in total. The van der Waals surface area contributed by atoms with Crippen molar-refractivity contribution >= 4 is 11.6 Å². The molecule has 0 heterocycles. The Morgan fingerprint density at radius 1 is 1.30 bits per heavy atom. The van der Waals surface area contributed by atoms with Gasteiger partial charge in [-0.3, -0.25) is 11.3 Å². The van der Waals surface area contributed by atoms with Crippen LogP contribution in [0.15, 0.2) is 24.3 Å². The van der Waals surface area contributed by atoms with Gasteiger partial charge in [-0.2, -0.15) is 0 Å². The third-order valence-electron chi connectivity index (χ3n) is 4.47. The minimum atomic E-state index is 0.218. The fourth-order valence-electron chi connectivity index (χ4n) is 3.29.